The molecular weight excluding hydrogens is 202 g/mol. The van der Waals surface area contributed by atoms with Gasteiger partial charge in [-0.2, -0.15) is 0 Å². The summed E-state index contributed by atoms with van der Waals surface area (Å²) >= 11 is 0. The van der Waals surface area contributed by atoms with Crippen LogP contribution >= 0.6 is 0 Å². The molecule has 0 radical (unpaired) electrons. The predicted molar refractivity (Wildman–Crippen MR) is 62.6 cm³/mol. The van der Waals surface area contributed by atoms with Gasteiger partial charge in [0, 0.05) is 30.2 Å². The number of nitrogens with one attached hydrogen (secondary N) is 1. The molecule has 16 heavy (non-hydrogen) atoms. The zero-order valence-corrected chi connectivity index (χ0v) is 9.53. The van der Waals surface area contributed by atoms with E-state index < -0.39 is 0 Å². The zero-order valence-electron chi connectivity index (χ0n) is 9.53. The Hall–Kier alpha value is -1.84. The molecule has 0 saturated carbocycles. The Bertz CT molecular complexity index is 516. The summed E-state index contributed by atoms with van der Waals surface area (Å²) in [6.45, 7) is 4.63. The highest BCUT2D eigenvalue weighted by molar-refractivity contribution is 5.94. The molecule has 2 aromatic heterocycles. The first kappa shape index (κ1) is 10.7. The van der Waals surface area contributed by atoms with Gasteiger partial charge in [-0.3, -0.25) is 4.79 Å². The van der Waals surface area contributed by atoms with E-state index in [9.17, 15) is 4.79 Å². The van der Waals surface area contributed by atoms with Crippen LogP contribution in [-0.2, 0) is 6.42 Å². The van der Waals surface area contributed by atoms with Crippen LogP contribution in [0.2, 0.25) is 0 Å². The van der Waals surface area contributed by atoms with E-state index in [2.05, 4.69) is 17.2 Å². The molecule has 4 nitrogen and oxygen atoms in total. The lowest BCUT2D eigenvalue weighted by molar-refractivity contribution is 0.0956. The van der Waals surface area contributed by atoms with Gasteiger partial charge in [0.1, 0.15) is 5.65 Å². The van der Waals surface area contributed by atoms with E-state index in [1.54, 1.807) is 0 Å². The number of nitrogens with zero attached hydrogens (tertiary/aromatic N) is 2. The molecule has 84 valence electrons. The van der Waals surface area contributed by atoms with Crippen LogP contribution in [0.15, 0.2) is 24.5 Å². The maximum Gasteiger partial charge on any atom is 0.251 e. The van der Waals surface area contributed by atoms with E-state index in [1.807, 2.05) is 35.9 Å². The Morgan fingerprint density at radius 1 is 1.50 bits per heavy atom. The number of aromatic nitrogens is 2. The molecule has 0 saturated heterocycles. The number of amides is 1. The van der Waals surface area contributed by atoms with Gasteiger partial charge in [-0.25, -0.2) is 4.98 Å². The van der Waals surface area contributed by atoms with E-state index in [1.165, 1.54) is 0 Å². The van der Waals surface area contributed by atoms with Crippen LogP contribution in [0.25, 0.3) is 5.65 Å². The third kappa shape index (κ3) is 1.78. The summed E-state index contributed by atoms with van der Waals surface area (Å²) in [5.74, 6) is -0.0500. The van der Waals surface area contributed by atoms with Crippen LogP contribution in [0.3, 0.4) is 0 Å². The highest BCUT2D eigenvalue weighted by Crippen LogP contribution is 2.09. The van der Waals surface area contributed by atoms with Crippen molar-refractivity contribution in [2.24, 2.45) is 0 Å². The highest BCUT2D eigenvalue weighted by Gasteiger charge is 2.07. The van der Waals surface area contributed by atoms with E-state index >= 15 is 0 Å². The summed E-state index contributed by atoms with van der Waals surface area (Å²) in [6.07, 6.45) is 4.67. The van der Waals surface area contributed by atoms with Crippen LogP contribution in [0.5, 0.6) is 0 Å². The van der Waals surface area contributed by atoms with Crippen LogP contribution in [-0.4, -0.2) is 21.8 Å². The molecular formula is C12H15N3O. The van der Waals surface area contributed by atoms with Crippen molar-refractivity contribution >= 4 is 11.6 Å². The Balaban J connectivity index is 2.41. The van der Waals surface area contributed by atoms with Crippen molar-refractivity contribution in [1.29, 1.82) is 0 Å². The molecule has 2 heterocycles. The minimum Gasteiger partial charge on any atom is -0.352 e. The van der Waals surface area contributed by atoms with Crippen molar-refractivity contribution in [3.05, 3.63) is 35.8 Å². The molecule has 1 N–H and O–H groups in total. The number of aryl methyl sites for hydroxylation is 1. The standard InChI is InChI=1S/C12H15N3O/c1-3-10-8-14-11-7-9(5-6-15(10)11)12(16)13-4-2/h5-8H,3-4H2,1-2H3,(H,13,16). The van der Waals surface area contributed by atoms with Gasteiger partial charge in [-0.1, -0.05) is 6.92 Å². The van der Waals surface area contributed by atoms with Crippen molar-refractivity contribution < 1.29 is 4.79 Å². The molecule has 2 aromatic rings. The summed E-state index contributed by atoms with van der Waals surface area (Å²) in [6, 6.07) is 3.63. The lowest BCUT2D eigenvalue weighted by Crippen LogP contribution is -2.22. The van der Waals surface area contributed by atoms with Crippen LogP contribution in [0.4, 0.5) is 0 Å². The number of pyridine rings is 1. The first-order valence-corrected chi connectivity index (χ1v) is 5.50. The second kappa shape index (κ2) is 4.35. The summed E-state index contributed by atoms with van der Waals surface area (Å²) in [7, 11) is 0. The molecule has 0 aliphatic rings. The minimum absolute atomic E-state index is 0.0500. The zero-order chi connectivity index (χ0) is 11.5. The number of carbonyl (C=O) groups is 1. The van der Waals surface area contributed by atoms with E-state index in [-0.39, 0.29) is 5.91 Å². The highest BCUT2D eigenvalue weighted by atomic mass is 16.1. The van der Waals surface area contributed by atoms with Crippen LogP contribution < -0.4 is 5.32 Å². The maximum absolute atomic E-state index is 11.6. The molecule has 0 fully saturated rings. The van der Waals surface area contributed by atoms with Gasteiger partial charge >= 0.3 is 0 Å². The summed E-state index contributed by atoms with van der Waals surface area (Å²) < 4.78 is 2.00. The molecule has 2 rings (SSSR count). The van der Waals surface area contributed by atoms with Gasteiger partial charge in [0.25, 0.3) is 5.91 Å². The van der Waals surface area contributed by atoms with Gasteiger partial charge in [-0.05, 0) is 25.5 Å². The minimum atomic E-state index is -0.0500. The summed E-state index contributed by atoms with van der Waals surface area (Å²) in [5, 5.41) is 2.77. The molecule has 0 unspecified atom stereocenters. The lowest BCUT2D eigenvalue weighted by atomic mass is 10.2. The molecule has 0 aliphatic carbocycles. The summed E-state index contributed by atoms with van der Waals surface area (Å²) in [4.78, 5) is 15.9. The molecule has 0 aromatic carbocycles. The number of rotatable bonds is 3. The third-order valence-corrected chi connectivity index (χ3v) is 2.55. The lowest BCUT2D eigenvalue weighted by Gasteiger charge is -2.03. The van der Waals surface area contributed by atoms with Crippen molar-refractivity contribution in [2.75, 3.05) is 6.54 Å². The molecule has 0 bridgehead atoms. The number of hydrogen-bond acceptors (Lipinski definition) is 2. The smallest absolute Gasteiger partial charge is 0.251 e. The second-order valence-corrected chi connectivity index (χ2v) is 3.61. The van der Waals surface area contributed by atoms with E-state index in [4.69, 9.17) is 0 Å². The van der Waals surface area contributed by atoms with Gasteiger partial charge in [0.15, 0.2) is 0 Å². The SMILES string of the molecule is CCNC(=O)c1ccn2c(CC)cnc2c1. The van der Waals surface area contributed by atoms with Crippen molar-refractivity contribution in [2.45, 2.75) is 20.3 Å². The summed E-state index contributed by atoms with van der Waals surface area (Å²) in [5.41, 5.74) is 2.63. The van der Waals surface area contributed by atoms with Gasteiger partial charge < -0.3 is 9.72 Å². The van der Waals surface area contributed by atoms with Gasteiger partial charge in [0.2, 0.25) is 0 Å². The predicted octanol–water partition coefficient (Wildman–Crippen LogP) is 1.65. The number of carbonyl (C=O) groups excluding carboxylic acids is 1. The Morgan fingerprint density at radius 3 is 3.00 bits per heavy atom. The Labute approximate surface area is 94.3 Å². The van der Waals surface area contributed by atoms with Crippen LogP contribution in [0, 0.1) is 0 Å². The third-order valence-electron chi connectivity index (χ3n) is 2.55. The Kier molecular flexibility index (Phi) is 2.90. The van der Waals surface area contributed by atoms with E-state index in [0.29, 0.717) is 12.1 Å². The average Bonchev–Trinajstić information content (AvgIpc) is 2.71. The molecule has 4 heteroatoms. The van der Waals surface area contributed by atoms with E-state index in [0.717, 1.165) is 17.8 Å². The quantitative estimate of drug-likeness (QED) is 0.849. The van der Waals surface area contributed by atoms with Crippen LogP contribution in [0.1, 0.15) is 29.9 Å². The monoisotopic (exact) mass is 217 g/mol. The Morgan fingerprint density at radius 2 is 2.31 bits per heavy atom. The molecule has 1 amide bonds. The fraction of sp³-hybridized carbons (Fsp3) is 0.333. The molecule has 0 atom stereocenters. The fourth-order valence-corrected chi connectivity index (χ4v) is 1.70. The number of hydrogen-bond donors (Lipinski definition) is 1. The normalized spacial score (nSPS) is 10.6. The fourth-order valence-electron chi connectivity index (χ4n) is 1.70. The number of fused-ring (bicyclic) bond motifs is 1. The number of imidazole rings is 1. The van der Waals surface area contributed by atoms with Gasteiger partial charge in [0.05, 0.1) is 0 Å². The first-order chi connectivity index (χ1) is 7.76. The maximum atomic E-state index is 11.6. The second-order valence-electron chi connectivity index (χ2n) is 3.61. The van der Waals surface area contributed by atoms with Gasteiger partial charge in [-0.15, -0.1) is 0 Å². The first-order valence-electron chi connectivity index (χ1n) is 5.50. The van der Waals surface area contributed by atoms with Crippen molar-refractivity contribution in [3.63, 3.8) is 0 Å². The molecule has 0 spiro atoms. The van der Waals surface area contributed by atoms with Crippen molar-refractivity contribution in [3.8, 4) is 0 Å². The van der Waals surface area contributed by atoms with Crippen molar-refractivity contribution in [1.82, 2.24) is 14.7 Å². The largest absolute Gasteiger partial charge is 0.352 e. The molecule has 0 aliphatic heterocycles. The topological polar surface area (TPSA) is 46.4 Å². The average molecular weight is 217 g/mol.